The molecule has 1 aromatic carbocycles. The molecule has 0 bridgehead atoms. The lowest BCUT2D eigenvalue weighted by molar-refractivity contribution is -0.117. The molecule has 7 heteroatoms. The van der Waals surface area contributed by atoms with Crippen LogP contribution in [0.5, 0.6) is 0 Å². The molecule has 0 aliphatic rings. The number of hydrogen-bond acceptors (Lipinski definition) is 3. The highest BCUT2D eigenvalue weighted by molar-refractivity contribution is 5.94. The number of anilines is 1. The summed E-state index contributed by atoms with van der Waals surface area (Å²) in [5, 5.41) is 2.57. The number of hydrogen-bond donors (Lipinski definition) is 2. The van der Waals surface area contributed by atoms with Gasteiger partial charge in [-0.2, -0.15) is 0 Å². The molecular formula is C17H21ClFN3O2. The molecule has 0 fully saturated rings. The average Bonchev–Trinajstić information content (AvgIpc) is 2.53. The lowest BCUT2D eigenvalue weighted by atomic mass is 10.1. The van der Waals surface area contributed by atoms with Crippen molar-refractivity contribution < 1.29 is 9.18 Å². The van der Waals surface area contributed by atoms with Gasteiger partial charge in [0.25, 0.3) is 5.56 Å². The number of nitrogens with one attached hydrogen (secondary N) is 1. The summed E-state index contributed by atoms with van der Waals surface area (Å²) < 4.78 is 14.4. The van der Waals surface area contributed by atoms with E-state index >= 15 is 0 Å². The Morgan fingerprint density at radius 1 is 1.29 bits per heavy atom. The van der Waals surface area contributed by atoms with Gasteiger partial charge in [-0.25, -0.2) is 4.39 Å². The summed E-state index contributed by atoms with van der Waals surface area (Å²) in [6.45, 7) is 2.23. The number of amides is 1. The maximum atomic E-state index is 12.9. The molecule has 0 aliphatic heterocycles. The minimum Gasteiger partial charge on any atom is -0.320 e. The number of halogens is 2. The lowest BCUT2D eigenvalue weighted by Gasteiger charge is -2.12. The van der Waals surface area contributed by atoms with Crippen molar-refractivity contribution in [3.63, 3.8) is 0 Å². The number of carbonyl (C=O) groups is 1. The van der Waals surface area contributed by atoms with E-state index in [9.17, 15) is 14.0 Å². The minimum atomic E-state index is -0.634. The third kappa shape index (κ3) is 5.18. The predicted octanol–water partition coefficient (Wildman–Crippen LogP) is 2.52. The molecular weight excluding hydrogens is 333 g/mol. The fourth-order valence-corrected chi connectivity index (χ4v) is 2.21. The van der Waals surface area contributed by atoms with Crippen LogP contribution in [0.15, 0.2) is 47.4 Å². The van der Waals surface area contributed by atoms with E-state index in [4.69, 9.17) is 5.73 Å². The fraction of sp³-hybridized carbons (Fsp3) is 0.294. The van der Waals surface area contributed by atoms with Crippen LogP contribution in [0.2, 0.25) is 0 Å². The number of nitrogens with two attached hydrogens (primary N) is 1. The van der Waals surface area contributed by atoms with Crippen molar-refractivity contribution in [2.24, 2.45) is 5.73 Å². The Hall–Kier alpha value is -2.18. The summed E-state index contributed by atoms with van der Waals surface area (Å²) in [5.41, 5.74) is 6.40. The van der Waals surface area contributed by atoms with E-state index in [0.717, 1.165) is 12.0 Å². The lowest BCUT2D eigenvalue weighted by Crippen LogP contribution is -2.37. The number of benzene rings is 1. The highest BCUT2D eigenvalue weighted by atomic mass is 35.5. The molecule has 0 saturated carbocycles. The zero-order chi connectivity index (χ0) is 16.8. The van der Waals surface area contributed by atoms with Gasteiger partial charge >= 0.3 is 0 Å². The summed E-state index contributed by atoms with van der Waals surface area (Å²) in [4.78, 5) is 24.3. The Kier molecular flexibility index (Phi) is 7.61. The number of rotatable bonds is 6. The van der Waals surface area contributed by atoms with Gasteiger partial charge in [0.05, 0.1) is 12.6 Å². The van der Waals surface area contributed by atoms with E-state index < -0.39 is 6.04 Å². The van der Waals surface area contributed by atoms with Crippen LogP contribution in [0, 0.1) is 5.82 Å². The Morgan fingerprint density at radius 3 is 2.58 bits per heavy atom. The molecule has 0 saturated heterocycles. The summed E-state index contributed by atoms with van der Waals surface area (Å²) in [7, 11) is 0. The highest BCUT2D eigenvalue weighted by Gasteiger charge is 2.14. The largest absolute Gasteiger partial charge is 0.320 e. The van der Waals surface area contributed by atoms with Gasteiger partial charge < -0.3 is 15.6 Å². The molecule has 1 atom stereocenters. The third-order valence-electron chi connectivity index (χ3n) is 3.48. The number of nitrogens with zero attached hydrogens (tertiary/aromatic N) is 1. The molecule has 5 nitrogen and oxygen atoms in total. The normalized spacial score (nSPS) is 11.5. The fourth-order valence-electron chi connectivity index (χ4n) is 2.21. The molecule has 0 radical (unpaired) electrons. The van der Waals surface area contributed by atoms with Crippen LogP contribution >= 0.6 is 12.4 Å². The minimum absolute atomic E-state index is 0. The first-order chi connectivity index (χ1) is 11.0. The van der Waals surface area contributed by atoms with Crippen LogP contribution in [0.25, 0.3) is 0 Å². The van der Waals surface area contributed by atoms with Crippen molar-refractivity contribution in [3.8, 4) is 0 Å². The van der Waals surface area contributed by atoms with Gasteiger partial charge in [0.2, 0.25) is 5.91 Å². The van der Waals surface area contributed by atoms with Gasteiger partial charge in [-0.3, -0.25) is 9.59 Å². The monoisotopic (exact) mass is 353 g/mol. The number of aromatic nitrogens is 1. The van der Waals surface area contributed by atoms with Crippen LogP contribution in [0.3, 0.4) is 0 Å². The first-order valence-corrected chi connectivity index (χ1v) is 7.51. The van der Waals surface area contributed by atoms with Gasteiger partial charge in [0.1, 0.15) is 11.5 Å². The smallest absolute Gasteiger partial charge is 0.274 e. The van der Waals surface area contributed by atoms with Crippen molar-refractivity contribution in [3.05, 3.63) is 64.3 Å². The van der Waals surface area contributed by atoms with E-state index in [1.807, 2.05) is 6.92 Å². The second-order valence-corrected chi connectivity index (χ2v) is 5.37. The third-order valence-corrected chi connectivity index (χ3v) is 3.48. The number of carbonyl (C=O) groups excluding carboxylic acids is 1. The Morgan fingerprint density at radius 2 is 1.96 bits per heavy atom. The van der Waals surface area contributed by atoms with Gasteiger partial charge in [0, 0.05) is 6.20 Å². The van der Waals surface area contributed by atoms with E-state index in [1.165, 1.54) is 16.7 Å². The quantitative estimate of drug-likeness (QED) is 0.837. The molecule has 1 heterocycles. The van der Waals surface area contributed by atoms with E-state index in [2.05, 4.69) is 5.32 Å². The standard InChI is InChI=1S/C17H20FN3O2.ClH/c1-2-4-14(19)16(22)20-15-5-3-10-21(17(15)23)11-12-6-8-13(18)9-7-12;/h3,5-10,14H,2,4,11,19H2,1H3,(H,20,22);1H. The second-order valence-electron chi connectivity index (χ2n) is 5.37. The molecule has 3 N–H and O–H groups in total. The van der Waals surface area contributed by atoms with Gasteiger partial charge in [-0.15, -0.1) is 12.4 Å². The SMILES string of the molecule is CCCC(N)C(=O)Nc1cccn(Cc2ccc(F)cc2)c1=O.Cl. The molecule has 0 aliphatic carbocycles. The first-order valence-electron chi connectivity index (χ1n) is 7.51. The summed E-state index contributed by atoms with van der Waals surface area (Å²) >= 11 is 0. The van der Waals surface area contributed by atoms with Crippen LogP contribution in [-0.4, -0.2) is 16.5 Å². The van der Waals surface area contributed by atoms with Gasteiger partial charge in [-0.1, -0.05) is 25.5 Å². The van der Waals surface area contributed by atoms with Crippen LogP contribution in [0.4, 0.5) is 10.1 Å². The Labute approximate surface area is 146 Å². The van der Waals surface area contributed by atoms with E-state index in [-0.39, 0.29) is 35.4 Å². The van der Waals surface area contributed by atoms with Gasteiger partial charge in [-0.05, 0) is 36.2 Å². The Bertz CT molecular complexity index is 731. The summed E-state index contributed by atoms with van der Waals surface area (Å²) in [5.74, 6) is -0.699. The van der Waals surface area contributed by atoms with E-state index in [0.29, 0.717) is 13.0 Å². The van der Waals surface area contributed by atoms with Crippen molar-refractivity contribution in [2.75, 3.05) is 5.32 Å². The molecule has 1 amide bonds. The van der Waals surface area contributed by atoms with Crippen LogP contribution in [0.1, 0.15) is 25.3 Å². The molecule has 2 aromatic rings. The maximum absolute atomic E-state index is 12.9. The van der Waals surface area contributed by atoms with Crippen molar-refractivity contribution in [2.45, 2.75) is 32.4 Å². The van der Waals surface area contributed by atoms with E-state index in [1.54, 1.807) is 30.5 Å². The zero-order valence-electron chi connectivity index (χ0n) is 13.4. The summed E-state index contributed by atoms with van der Waals surface area (Å²) in [6, 6.07) is 8.50. The van der Waals surface area contributed by atoms with Crippen molar-refractivity contribution in [1.29, 1.82) is 0 Å². The maximum Gasteiger partial charge on any atom is 0.274 e. The van der Waals surface area contributed by atoms with Crippen LogP contribution < -0.4 is 16.6 Å². The van der Waals surface area contributed by atoms with Crippen molar-refractivity contribution >= 4 is 24.0 Å². The molecule has 24 heavy (non-hydrogen) atoms. The molecule has 2 rings (SSSR count). The molecule has 1 unspecified atom stereocenters. The van der Waals surface area contributed by atoms with Crippen LogP contribution in [-0.2, 0) is 11.3 Å². The Balaban J connectivity index is 0.00000288. The first kappa shape index (κ1) is 19.9. The zero-order valence-corrected chi connectivity index (χ0v) is 14.2. The molecule has 0 spiro atoms. The molecule has 1 aromatic heterocycles. The number of pyridine rings is 1. The average molecular weight is 354 g/mol. The topological polar surface area (TPSA) is 77.1 Å². The van der Waals surface area contributed by atoms with Gasteiger partial charge in [0.15, 0.2) is 0 Å². The molecule has 130 valence electrons. The van der Waals surface area contributed by atoms with Crippen molar-refractivity contribution in [1.82, 2.24) is 4.57 Å². The highest BCUT2D eigenvalue weighted by Crippen LogP contribution is 2.06. The summed E-state index contributed by atoms with van der Waals surface area (Å²) in [6.07, 6.45) is 2.97. The predicted molar refractivity (Wildman–Crippen MR) is 95.0 cm³/mol. The second kappa shape index (κ2) is 9.20.